The van der Waals surface area contributed by atoms with Gasteiger partial charge in [-0.15, -0.1) is 82.9 Å². The fourth-order valence-electron chi connectivity index (χ4n) is 7.86. The van der Waals surface area contributed by atoms with Crippen molar-refractivity contribution in [2.45, 2.75) is 13.8 Å². The summed E-state index contributed by atoms with van der Waals surface area (Å²) in [7, 11) is 0. The van der Waals surface area contributed by atoms with Crippen molar-refractivity contribution in [2.75, 3.05) is 0 Å². The Morgan fingerprint density at radius 1 is 0.321 bits per heavy atom. The monoisotopic (exact) mass is 2420 g/mol. The van der Waals surface area contributed by atoms with Crippen LogP contribution in [0.15, 0.2) is 202 Å². The van der Waals surface area contributed by atoms with Crippen LogP contribution in [0.25, 0.3) is 75.7 Å². The summed E-state index contributed by atoms with van der Waals surface area (Å²) in [5.74, 6) is -11.8. The number of carbonyl (C=O) groups is 3. The number of hydrogen-bond acceptors (Lipinski definition) is 14. The van der Waals surface area contributed by atoms with Gasteiger partial charge in [0.25, 0.3) is 0 Å². The van der Waals surface area contributed by atoms with Crippen LogP contribution in [-0.2, 0) is 101 Å². The fourth-order valence-corrected chi connectivity index (χ4v) is 7.86. The van der Waals surface area contributed by atoms with E-state index in [4.69, 9.17) is 41.6 Å². The molecule has 36 heteroatoms. The van der Waals surface area contributed by atoms with E-state index < -0.39 is 98.8 Å². The van der Waals surface area contributed by atoms with Crippen LogP contribution in [0.3, 0.4) is 0 Å². The molecule has 13 aromatic rings. The average molecular weight is 2410 g/mol. The van der Waals surface area contributed by atoms with Crippen LogP contribution in [0.2, 0.25) is 0 Å². The number of hydrogen-bond donors (Lipinski definition) is 3. The van der Waals surface area contributed by atoms with E-state index in [1.807, 2.05) is 13.8 Å². The molecule has 8 aromatic heterocycles. The van der Waals surface area contributed by atoms with Crippen molar-refractivity contribution >= 4 is 40.7 Å². The molecular weight excluding hydrogens is 2370 g/mol. The standard InChI is InChI=1S/2C13H7F2N2.2C12H5F2N2.C11H6F2N.3C5H4N2O2.5Ir/c2*1-8-5-6-17-11(7-8)9-3-4-10(14)13(16-2)12(9)15;2*1-15-12-9(13)6-5-8(11(12)14)10-4-2-3-7-16-10;12-8-4-5-9(10(13)7-8)11-3-1-2-6-14-11;3*8-5(9)4-3-6-1-2-7-4;;;;;/h2*4-7H,1H3;2*2-4,6-7H;1-4,6-7H;3*1-3H,(H,8,9);;;;;/q5*-1;;;;;;;;. The number of aromatic nitrogens is 11. The van der Waals surface area contributed by atoms with Crippen LogP contribution in [0.5, 0.6) is 0 Å². The van der Waals surface area contributed by atoms with Gasteiger partial charge in [-0.25, -0.2) is 29.3 Å². The topological polar surface area (TPSA) is 271 Å². The molecule has 5 aromatic carbocycles. The zero-order valence-electron chi connectivity index (χ0n) is 56.3. The van der Waals surface area contributed by atoms with E-state index in [0.29, 0.717) is 28.5 Å². The van der Waals surface area contributed by atoms with E-state index >= 15 is 0 Å². The van der Waals surface area contributed by atoms with E-state index in [1.165, 1.54) is 80.6 Å². The molecule has 3 N–H and O–H groups in total. The van der Waals surface area contributed by atoms with Crippen molar-refractivity contribution in [3.8, 4) is 56.3 Å². The van der Waals surface area contributed by atoms with E-state index in [-0.39, 0.29) is 145 Å². The zero-order valence-corrected chi connectivity index (χ0v) is 68.2. The van der Waals surface area contributed by atoms with Crippen molar-refractivity contribution in [1.82, 2.24) is 54.8 Å². The van der Waals surface area contributed by atoms with Gasteiger partial charge in [-0.2, -0.15) is 0 Å². The van der Waals surface area contributed by atoms with Crippen molar-refractivity contribution < 1.29 is 174 Å². The third kappa shape index (κ3) is 29.4. The Hall–Kier alpha value is -12.0. The van der Waals surface area contributed by atoms with Crippen molar-refractivity contribution in [2.24, 2.45) is 0 Å². The summed E-state index contributed by atoms with van der Waals surface area (Å²) in [5, 5.41) is 24.8. The van der Waals surface area contributed by atoms with Gasteiger partial charge >= 0.3 is 17.9 Å². The number of nitrogens with zero attached hydrogens (tertiary/aromatic N) is 15. The molecule has 0 aliphatic heterocycles. The van der Waals surface area contributed by atoms with Gasteiger partial charge in [0.1, 0.15) is 0 Å². The summed E-state index contributed by atoms with van der Waals surface area (Å²) in [5.41, 5.74) is 1.22. The predicted octanol–water partition coefficient (Wildman–Crippen LogP) is 17.5. The zero-order chi connectivity index (χ0) is 78.0. The molecule has 577 valence electrons. The molecular formula is C76H42F10Ir5N15O6-5. The first-order chi connectivity index (χ1) is 51.4. The molecule has 0 atom stereocenters. The number of aromatic carboxylic acids is 3. The van der Waals surface area contributed by atoms with Crippen LogP contribution in [-0.4, -0.2) is 88.1 Å². The summed E-state index contributed by atoms with van der Waals surface area (Å²) in [6.07, 6.45) is 19.4. The smallest absolute Gasteiger partial charge is 0.356 e. The number of halogens is 10. The molecule has 0 saturated heterocycles. The Bertz CT molecular complexity index is 5080. The number of pyridine rings is 5. The molecule has 8 heterocycles. The molecule has 0 amide bonds. The molecule has 21 nitrogen and oxygen atoms in total. The van der Waals surface area contributed by atoms with Gasteiger partial charge in [0.2, 0.25) is 0 Å². The van der Waals surface area contributed by atoms with Crippen LogP contribution < -0.4 is 0 Å². The van der Waals surface area contributed by atoms with Crippen LogP contribution in [0.4, 0.5) is 66.7 Å². The quantitative estimate of drug-likeness (QED) is 0.0942. The van der Waals surface area contributed by atoms with Gasteiger partial charge in [-0.3, -0.25) is 78.2 Å². The molecule has 0 aliphatic rings. The maximum atomic E-state index is 13.8. The summed E-state index contributed by atoms with van der Waals surface area (Å²) in [4.78, 5) is 82.5. The summed E-state index contributed by atoms with van der Waals surface area (Å²) in [6.45, 7) is 30.5. The maximum Gasteiger partial charge on any atom is 0.356 e. The first-order valence-corrected chi connectivity index (χ1v) is 29.5. The third-order valence-corrected chi connectivity index (χ3v) is 12.7. The predicted molar refractivity (Wildman–Crippen MR) is 364 cm³/mol. The minimum atomic E-state index is -1.05. The van der Waals surface area contributed by atoms with Crippen molar-refractivity contribution in [3.63, 3.8) is 0 Å². The molecule has 13 rings (SSSR count). The molecule has 5 radical (unpaired) electrons. The molecule has 0 aliphatic carbocycles. The number of aryl methyl sites for hydroxylation is 2. The number of carboxylic acid groups (broad SMARTS) is 3. The summed E-state index contributed by atoms with van der Waals surface area (Å²) < 4.78 is 133. The van der Waals surface area contributed by atoms with Gasteiger partial charge in [-0.05, 0) is 72.6 Å². The molecule has 0 saturated carbocycles. The Balaban J connectivity index is 0.000000643. The average Bonchev–Trinajstić information content (AvgIpc) is 0.814. The van der Waals surface area contributed by atoms with Crippen molar-refractivity contribution in [3.05, 3.63) is 364 Å². The van der Waals surface area contributed by atoms with Gasteiger partial charge in [0.05, 0.1) is 44.9 Å². The number of carboxylic acids is 3. The fraction of sp³-hybridized carbons (Fsp3) is 0.0263. The first kappa shape index (κ1) is 98.0. The van der Waals surface area contributed by atoms with Crippen molar-refractivity contribution in [1.29, 1.82) is 0 Å². The molecule has 0 spiro atoms. The Kier molecular flexibility index (Phi) is 44.3. The van der Waals surface area contributed by atoms with Gasteiger partial charge < -0.3 is 40.2 Å². The summed E-state index contributed by atoms with van der Waals surface area (Å²) >= 11 is 0. The molecule has 112 heavy (non-hydrogen) atoms. The Morgan fingerprint density at radius 3 is 0.812 bits per heavy atom. The largest absolute Gasteiger partial charge is 0.476 e. The second kappa shape index (κ2) is 50.7. The Morgan fingerprint density at radius 2 is 0.589 bits per heavy atom. The normalized spacial score (nSPS) is 9.25. The molecule has 0 fully saturated rings. The van der Waals surface area contributed by atoms with Crippen LogP contribution in [0, 0.1) is 129 Å². The van der Waals surface area contributed by atoms with Gasteiger partial charge in [0, 0.05) is 227 Å². The van der Waals surface area contributed by atoms with Gasteiger partial charge in [-0.1, -0.05) is 71.3 Å². The van der Waals surface area contributed by atoms with Crippen LogP contribution in [0.1, 0.15) is 42.6 Å². The van der Waals surface area contributed by atoms with E-state index in [9.17, 15) is 58.3 Å². The van der Waals surface area contributed by atoms with Gasteiger partial charge in [0.15, 0.2) is 39.8 Å². The van der Waals surface area contributed by atoms with Crippen LogP contribution >= 0.6 is 0 Å². The minimum Gasteiger partial charge on any atom is -0.476 e. The van der Waals surface area contributed by atoms with E-state index in [2.05, 4.69) is 105 Å². The molecule has 0 bridgehead atoms. The second-order valence-corrected chi connectivity index (χ2v) is 20.0. The first-order valence-electron chi connectivity index (χ1n) is 29.5. The maximum absolute atomic E-state index is 13.8. The second-order valence-electron chi connectivity index (χ2n) is 20.0. The third-order valence-electron chi connectivity index (χ3n) is 12.7. The Labute approximate surface area is 698 Å². The molecule has 0 unspecified atom stereocenters. The number of benzene rings is 5. The van der Waals surface area contributed by atoms with E-state index in [1.54, 1.807) is 85.1 Å². The minimum absolute atomic E-state index is 0. The van der Waals surface area contributed by atoms with E-state index in [0.717, 1.165) is 47.5 Å². The number of rotatable bonds is 8. The SMILES string of the molecule is Fc1c[c-]c(-c2ccccn2)c(F)c1.O=C(O)c1cnccn1.O=C(O)c1cnccn1.O=C(O)c1cnccn1.[C-]#[N+]c1c(F)c[c-]c(-c2cc(C)ccn2)c1F.[C-]#[N+]c1c(F)c[c-]c(-c2cc(C)ccn2)c1F.[C-]#[N+]c1c(F)c[c-]c(-c2ccccn2)c1F.[C-]#[N+]c1c(F)c[c-]c(-c2ccccn2)c1F.[Ir].[Ir].[Ir].[Ir].[Ir]. The summed E-state index contributed by atoms with van der Waals surface area (Å²) in [6, 6.07) is 39.8.